The summed E-state index contributed by atoms with van der Waals surface area (Å²) >= 11 is 0. The molecule has 0 aliphatic rings. The Morgan fingerprint density at radius 2 is 1.74 bits per heavy atom. The van der Waals surface area contributed by atoms with Gasteiger partial charge in [0.15, 0.2) is 12.4 Å². The van der Waals surface area contributed by atoms with Gasteiger partial charge in [0.05, 0.1) is 23.2 Å². The van der Waals surface area contributed by atoms with E-state index in [1.165, 1.54) is 4.68 Å². The van der Waals surface area contributed by atoms with Crippen molar-refractivity contribution in [3.05, 3.63) is 112 Å². The number of aryl methyl sites for hydroxylation is 1. The molecule has 0 unspecified atom stereocenters. The van der Waals surface area contributed by atoms with Gasteiger partial charge >= 0.3 is 5.97 Å². The number of nitrogens with zero attached hydrogens (tertiary/aromatic N) is 4. The summed E-state index contributed by atoms with van der Waals surface area (Å²) in [6.07, 6.45) is 1.48. The first kappa shape index (κ1) is 27.7. The maximum absolute atomic E-state index is 13.6. The summed E-state index contributed by atoms with van der Waals surface area (Å²) in [6, 6.07) is 26.2. The fourth-order valence-electron chi connectivity index (χ4n) is 5.05. The molecule has 6 rings (SSSR count). The zero-order valence-corrected chi connectivity index (χ0v) is 24.3. The SMILES string of the molecule is Cc1cc(C=Nn2c(-c3cc4ccccc4o3)nc3ccccc3c2=O)c(C)n1-c1ccc(OCC(=O)OC(C)C)cc1. The number of aromatic nitrogens is 3. The van der Waals surface area contributed by atoms with Crippen molar-refractivity contribution < 1.29 is 18.7 Å². The Kier molecular flexibility index (Phi) is 7.38. The van der Waals surface area contributed by atoms with Crippen molar-refractivity contribution in [2.24, 2.45) is 5.10 Å². The van der Waals surface area contributed by atoms with Crippen LogP contribution in [0.15, 0.2) is 99.2 Å². The lowest BCUT2D eigenvalue weighted by Gasteiger charge is -2.12. The van der Waals surface area contributed by atoms with Crippen molar-refractivity contribution >= 4 is 34.1 Å². The summed E-state index contributed by atoms with van der Waals surface area (Å²) in [5.41, 5.74) is 4.64. The molecular weight excluding hydrogens is 544 g/mol. The third-order valence-electron chi connectivity index (χ3n) is 7.00. The van der Waals surface area contributed by atoms with Crippen LogP contribution in [-0.4, -0.2) is 39.1 Å². The van der Waals surface area contributed by atoms with Gasteiger partial charge in [-0.2, -0.15) is 9.78 Å². The quantitative estimate of drug-likeness (QED) is 0.153. The molecule has 0 spiro atoms. The smallest absolute Gasteiger partial charge is 0.344 e. The summed E-state index contributed by atoms with van der Waals surface area (Å²) in [4.78, 5) is 30.2. The molecule has 3 aromatic heterocycles. The van der Waals surface area contributed by atoms with E-state index < -0.39 is 5.97 Å². The summed E-state index contributed by atoms with van der Waals surface area (Å²) in [5.74, 6) is 0.920. The van der Waals surface area contributed by atoms with Gasteiger partial charge in [-0.25, -0.2) is 9.78 Å². The zero-order chi connectivity index (χ0) is 30.1. The largest absolute Gasteiger partial charge is 0.482 e. The number of ether oxygens (including phenoxy) is 2. The molecule has 0 aliphatic heterocycles. The Morgan fingerprint density at radius 1 is 1.00 bits per heavy atom. The summed E-state index contributed by atoms with van der Waals surface area (Å²) in [6.45, 7) is 7.43. The minimum atomic E-state index is -0.413. The lowest BCUT2D eigenvalue weighted by atomic mass is 10.2. The molecule has 0 radical (unpaired) electrons. The van der Waals surface area contributed by atoms with E-state index in [1.54, 1.807) is 32.2 Å². The number of hydrogen-bond donors (Lipinski definition) is 0. The number of esters is 1. The van der Waals surface area contributed by atoms with E-state index in [-0.39, 0.29) is 18.3 Å². The summed E-state index contributed by atoms with van der Waals surface area (Å²) < 4.78 is 20.1. The predicted octanol–water partition coefficient (Wildman–Crippen LogP) is 6.43. The topological polar surface area (TPSA) is 101 Å². The van der Waals surface area contributed by atoms with Crippen LogP contribution in [0, 0.1) is 13.8 Å². The van der Waals surface area contributed by atoms with E-state index in [1.807, 2.05) is 86.6 Å². The van der Waals surface area contributed by atoms with Crippen molar-refractivity contribution in [1.29, 1.82) is 0 Å². The monoisotopic (exact) mass is 574 g/mol. The molecule has 0 aliphatic carbocycles. The van der Waals surface area contributed by atoms with Crippen LogP contribution >= 0.6 is 0 Å². The first-order valence-electron chi connectivity index (χ1n) is 14.0. The standard InChI is InChI=1S/C34H30N4O5/c1-21(2)42-32(39)20-41-27-15-13-26(14-16-27)37-22(3)17-25(23(37)4)19-35-38-33(31-18-24-9-5-8-12-30(24)43-31)36-29-11-7-6-10-28(29)34(38)40/h5-19,21H,20H2,1-4H3. The van der Waals surface area contributed by atoms with Crippen LogP contribution in [-0.2, 0) is 9.53 Å². The molecule has 0 N–H and O–H groups in total. The van der Waals surface area contributed by atoms with Gasteiger partial charge in [0, 0.05) is 28.0 Å². The highest BCUT2D eigenvalue weighted by atomic mass is 16.6. The number of para-hydroxylation sites is 2. The molecule has 9 heteroatoms. The first-order chi connectivity index (χ1) is 20.8. The first-order valence-corrected chi connectivity index (χ1v) is 14.0. The number of benzene rings is 3. The minimum absolute atomic E-state index is 0.154. The second-order valence-corrected chi connectivity index (χ2v) is 10.4. The fourth-order valence-corrected chi connectivity index (χ4v) is 5.05. The van der Waals surface area contributed by atoms with Crippen LogP contribution < -0.4 is 10.3 Å². The van der Waals surface area contributed by atoms with Crippen LogP contribution in [0.25, 0.3) is 39.1 Å². The van der Waals surface area contributed by atoms with Gasteiger partial charge in [-0.15, -0.1) is 0 Å². The number of fused-ring (bicyclic) bond motifs is 2. The molecule has 0 saturated heterocycles. The number of furan rings is 1. The van der Waals surface area contributed by atoms with Gasteiger partial charge in [0.2, 0.25) is 5.82 Å². The minimum Gasteiger partial charge on any atom is -0.482 e. The van der Waals surface area contributed by atoms with E-state index in [2.05, 4.69) is 9.67 Å². The Bertz CT molecular complexity index is 2010. The van der Waals surface area contributed by atoms with Gasteiger partial charge in [-0.3, -0.25) is 4.79 Å². The highest BCUT2D eigenvalue weighted by Gasteiger charge is 2.17. The molecule has 9 nitrogen and oxygen atoms in total. The van der Waals surface area contributed by atoms with Gasteiger partial charge < -0.3 is 18.5 Å². The van der Waals surface area contributed by atoms with E-state index in [0.717, 1.165) is 28.0 Å². The van der Waals surface area contributed by atoms with Crippen LogP contribution in [0.3, 0.4) is 0 Å². The Hall–Kier alpha value is -5.44. The van der Waals surface area contributed by atoms with Crippen molar-refractivity contribution in [3.63, 3.8) is 0 Å². The zero-order valence-electron chi connectivity index (χ0n) is 24.3. The number of hydrogen-bond acceptors (Lipinski definition) is 7. The van der Waals surface area contributed by atoms with Gasteiger partial charge in [-0.05, 0) is 82.3 Å². The van der Waals surface area contributed by atoms with Crippen LogP contribution in [0.4, 0.5) is 0 Å². The van der Waals surface area contributed by atoms with E-state index in [4.69, 9.17) is 18.9 Å². The number of rotatable bonds is 8. The number of carbonyl (C=O) groups is 1. The van der Waals surface area contributed by atoms with Crippen molar-refractivity contribution in [1.82, 2.24) is 14.2 Å². The Labute approximate surface area is 247 Å². The van der Waals surface area contributed by atoms with Crippen LogP contribution in [0.1, 0.15) is 30.8 Å². The molecule has 0 fully saturated rings. The van der Waals surface area contributed by atoms with Crippen LogP contribution in [0.5, 0.6) is 5.75 Å². The average molecular weight is 575 g/mol. The van der Waals surface area contributed by atoms with Gasteiger partial charge in [0.25, 0.3) is 5.56 Å². The lowest BCUT2D eigenvalue weighted by Crippen LogP contribution is -2.20. The molecule has 3 aromatic carbocycles. The molecule has 216 valence electrons. The highest BCUT2D eigenvalue weighted by molar-refractivity contribution is 5.85. The lowest BCUT2D eigenvalue weighted by molar-refractivity contribution is -0.149. The van der Waals surface area contributed by atoms with E-state index >= 15 is 0 Å². The maximum atomic E-state index is 13.6. The third-order valence-corrected chi connectivity index (χ3v) is 7.00. The van der Waals surface area contributed by atoms with Crippen molar-refractivity contribution in [2.45, 2.75) is 33.8 Å². The van der Waals surface area contributed by atoms with Gasteiger partial charge in [-0.1, -0.05) is 30.3 Å². The Morgan fingerprint density at radius 3 is 2.51 bits per heavy atom. The number of carbonyl (C=O) groups excluding carboxylic acids is 1. The van der Waals surface area contributed by atoms with E-state index in [9.17, 15) is 9.59 Å². The van der Waals surface area contributed by atoms with Crippen LogP contribution in [0.2, 0.25) is 0 Å². The molecule has 0 saturated carbocycles. The molecule has 0 bridgehead atoms. The second-order valence-electron chi connectivity index (χ2n) is 10.4. The normalized spacial score (nSPS) is 11.7. The summed E-state index contributed by atoms with van der Waals surface area (Å²) in [7, 11) is 0. The van der Waals surface area contributed by atoms with Crippen molar-refractivity contribution in [3.8, 4) is 23.0 Å². The van der Waals surface area contributed by atoms with Gasteiger partial charge in [0.1, 0.15) is 11.3 Å². The Balaban J connectivity index is 1.33. The average Bonchev–Trinajstić information content (AvgIpc) is 3.55. The highest BCUT2D eigenvalue weighted by Crippen LogP contribution is 2.27. The van der Waals surface area contributed by atoms with Crippen molar-refractivity contribution in [2.75, 3.05) is 6.61 Å². The molecule has 43 heavy (non-hydrogen) atoms. The molecule has 6 aromatic rings. The van der Waals surface area contributed by atoms with E-state index in [0.29, 0.717) is 33.8 Å². The molecule has 0 amide bonds. The fraction of sp³-hybridized carbons (Fsp3) is 0.176. The molecule has 0 atom stereocenters. The maximum Gasteiger partial charge on any atom is 0.344 e. The molecular formula is C34H30N4O5. The third kappa shape index (κ3) is 5.57. The molecule has 3 heterocycles. The second kappa shape index (κ2) is 11.4. The summed E-state index contributed by atoms with van der Waals surface area (Å²) in [5, 5.41) is 6.01. The predicted molar refractivity (Wildman–Crippen MR) is 166 cm³/mol.